The molecule has 0 radical (unpaired) electrons. The summed E-state index contributed by atoms with van der Waals surface area (Å²) in [4.78, 5) is 1.87. The second kappa shape index (κ2) is 4.98. The van der Waals surface area contributed by atoms with Crippen LogP contribution in [0, 0.1) is 5.92 Å². The van der Waals surface area contributed by atoms with Gasteiger partial charge in [0.05, 0.1) is 6.42 Å². The third-order valence-electron chi connectivity index (χ3n) is 2.65. The normalized spacial score (nSPS) is 25.3. The van der Waals surface area contributed by atoms with Gasteiger partial charge in [-0.1, -0.05) is 0 Å². The summed E-state index contributed by atoms with van der Waals surface area (Å²) in [7, 11) is 0. The topological polar surface area (TPSA) is 29.3 Å². The average molecular weight is 210 g/mol. The minimum absolute atomic E-state index is 0.125. The smallest absolute Gasteiger partial charge is 0.330 e. The molecule has 1 aliphatic heterocycles. The van der Waals surface area contributed by atoms with Crippen molar-refractivity contribution >= 4 is 0 Å². The maximum absolute atomic E-state index is 11.9. The number of hydrogen-bond donors (Lipinski definition) is 1. The summed E-state index contributed by atoms with van der Waals surface area (Å²) >= 11 is 0. The van der Waals surface area contributed by atoms with Crippen LogP contribution in [0.25, 0.3) is 0 Å². The van der Waals surface area contributed by atoms with E-state index in [4.69, 9.17) is 5.73 Å². The van der Waals surface area contributed by atoms with Crippen LogP contribution in [0.15, 0.2) is 0 Å². The summed E-state index contributed by atoms with van der Waals surface area (Å²) in [5, 5.41) is 0. The second-order valence-corrected chi connectivity index (χ2v) is 3.91. The molecule has 14 heavy (non-hydrogen) atoms. The highest BCUT2D eigenvalue weighted by Crippen LogP contribution is 2.22. The highest BCUT2D eigenvalue weighted by Gasteiger charge is 2.29. The molecule has 0 aliphatic carbocycles. The van der Waals surface area contributed by atoms with E-state index in [1.165, 1.54) is 0 Å². The fourth-order valence-corrected chi connectivity index (χ4v) is 1.83. The minimum Gasteiger partial charge on any atom is -0.330 e. The van der Waals surface area contributed by atoms with Crippen molar-refractivity contribution in [3.05, 3.63) is 0 Å². The van der Waals surface area contributed by atoms with Gasteiger partial charge in [0.25, 0.3) is 0 Å². The first kappa shape index (κ1) is 11.8. The number of likely N-dealkylation sites (tertiary alicyclic amines) is 1. The van der Waals surface area contributed by atoms with Crippen molar-refractivity contribution in [2.24, 2.45) is 11.7 Å². The highest BCUT2D eigenvalue weighted by atomic mass is 19.4. The van der Waals surface area contributed by atoms with Gasteiger partial charge in [0.1, 0.15) is 0 Å². The van der Waals surface area contributed by atoms with Gasteiger partial charge in [-0.15, -0.1) is 0 Å². The van der Waals surface area contributed by atoms with Gasteiger partial charge in [-0.05, 0) is 31.8 Å². The van der Waals surface area contributed by atoms with Crippen LogP contribution in [0.1, 0.15) is 19.3 Å². The molecule has 1 saturated heterocycles. The lowest BCUT2D eigenvalue weighted by Gasteiger charge is -2.32. The molecule has 1 rings (SSSR count). The Hall–Kier alpha value is -0.290. The Labute approximate surface area is 82.2 Å². The van der Waals surface area contributed by atoms with E-state index in [0.29, 0.717) is 12.5 Å². The maximum Gasteiger partial charge on any atom is 0.390 e. The molecule has 5 heteroatoms. The Morgan fingerprint density at radius 3 is 2.64 bits per heavy atom. The van der Waals surface area contributed by atoms with Crippen LogP contribution in [0.4, 0.5) is 13.2 Å². The van der Waals surface area contributed by atoms with Crippen molar-refractivity contribution in [2.75, 3.05) is 26.2 Å². The molecule has 2 N–H and O–H groups in total. The lowest BCUT2D eigenvalue weighted by Crippen LogP contribution is -2.39. The van der Waals surface area contributed by atoms with Crippen molar-refractivity contribution in [1.82, 2.24) is 4.90 Å². The van der Waals surface area contributed by atoms with Crippen molar-refractivity contribution in [1.29, 1.82) is 0 Å². The van der Waals surface area contributed by atoms with Gasteiger partial charge in [0.2, 0.25) is 0 Å². The molecule has 0 aromatic rings. The molecule has 0 aromatic heterocycles. The van der Waals surface area contributed by atoms with Crippen LogP contribution in [0.2, 0.25) is 0 Å². The van der Waals surface area contributed by atoms with Crippen molar-refractivity contribution in [3.63, 3.8) is 0 Å². The zero-order valence-corrected chi connectivity index (χ0v) is 8.19. The van der Waals surface area contributed by atoms with Crippen LogP contribution < -0.4 is 5.73 Å². The minimum atomic E-state index is -4.03. The fraction of sp³-hybridized carbons (Fsp3) is 1.00. The van der Waals surface area contributed by atoms with Gasteiger partial charge >= 0.3 is 6.18 Å². The zero-order valence-electron chi connectivity index (χ0n) is 8.19. The van der Waals surface area contributed by atoms with E-state index in [1.54, 1.807) is 0 Å². The van der Waals surface area contributed by atoms with Gasteiger partial charge in [0.15, 0.2) is 0 Å². The first-order valence-corrected chi connectivity index (χ1v) is 5.00. The van der Waals surface area contributed by atoms with Gasteiger partial charge in [-0.3, -0.25) is 0 Å². The van der Waals surface area contributed by atoms with Crippen molar-refractivity contribution < 1.29 is 13.2 Å². The Kier molecular flexibility index (Phi) is 4.19. The third kappa shape index (κ3) is 4.28. The van der Waals surface area contributed by atoms with E-state index in [1.807, 2.05) is 4.90 Å². The molecule has 2 nitrogen and oxygen atoms in total. The molecule has 0 amide bonds. The molecule has 1 heterocycles. The number of piperidine rings is 1. The first-order chi connectivity index (χ1) is 6.51. The van der Waals surface area contributed by atoms with E-state index in [0.717, 1.165) is 25.9 Å². The quantitative estimate of drug-likeness (QED) is 0.766. The number of nitrogens with two attached hydrogens (primary N) is 1. The molecule has 0 spiro atoms. The molecule has 0 saturated carbocycles. The van der Waals surface area contributed by atoms with Gasteiger partial charge in [0, 0.05) is 13.1 Å². The number of rotatable bonds is 3. The van der Waals surface area contributed by atoms with E-state index in [-0.39, 0.29) is 6.54 Å². The molecule has 1 atom stereocenters. The third-order valence-corrected chi connectivity index (χ3v) is 2.65. The number of nitrogens with zero attached hydrogens (tertiary/aromatic N) is 1. The van der Waals surface area contributed by atoms with E-state index in [2.05, 4.69) is 0 Å². The monoisotopic (exact) mass is 210 g/mol. The molecule has 0 bridgehead atoms. The zero-order chi connectivity index (χ0) is 10.6. The summed E-state index contributed by atoms with van der Waals surface area (Å²) in [6.07, 6.45) is -2.71. The Balaban J connectivity index is 2.24. The summed E-state index contributed by atoms with van der Waals surface area (Å²) in [6, 6.07) is 0. The fourth-order valence-electron chi connectivity index (χ4n) is 1.83. The molecule has 1 aliphatic rings. The summed E-state index contributed by atoms with van der Waals surface area (Å²) in [6.45, 7) is 2.22. The number of halogens is 3. The van der Waals surface area contributed by atoms with Crippen LogP contribution in [0.5, 0.6) is 0 Å². The van der Waals surface area contributed by atoms with Crippen LogP contribution in [-0.4, -0.2) is 37.3 Å². The van der Waals surface area contributed by atoms with Crippen molar-refractivity contribution in [3.8, 4) is 0 Å². The van der Waals surface area contributed by atoms with E-state index in [9.17, 15) is 13.2 Å². The number of hydrogen-bond acceptors (Lipinski definition) is 2. The second-order valence-electron chi connectivity index (χ2n) is 3.91. The van der Waals surface area contributed by atoms with E-state index >= 15 is 0 Å². The Bertz CT molecular complexity index is 170. The molecular weight excluding hydrogens is 193 g/mol. The predicted molar refractivity (Wildman–Crippen MR) is 48.9 cm³/mol. The molecule has 0 aromatic carbocycles. The van der Waals surface area contributed by atoms with Gasteiger partial charge < -0.3 is 10.6 Å². The lowest BCUT2D eigenvalue weighted by atomic mass is 9.98. The number of alkyl halides is 3. The average Bonchev–Trinajstić information content (AvgIpc) is 2.14. The Morgan fingerprint density at radius 1 is 1.36 bits per heavy atom. The van der Waals surface area contributed by atoms with E-state index < -0.39 is 12.6 Å². The largest absolute Gasteiger partial charge is 0.390 e. The van der Waals surface area contributed by atoms with Gasteiger partial charge in [-0.25, -0.2) is 0 Å². The summed E-state index contributed by atoms with van der Waals surface area (Å²) in [5.74, 6) is 0.386. The van der Waals surface area contributed by atoms with Gasteiger partial charge in [-0.2, -0.15) is 13.2 Å². The maximum atomic E-state index is 11.9. The predicted octanol–water partition coefficient (Wildman–Crippen LogP) is 1.61. The molecule has 1 unspecified atom stereocenters. The van der Waals surface area contributed by atoms with Crippen molar-refractivity contribution in [2.45, 2.75) is 25.4 Å². The lowest BCUT2D eigenvalue weighted by molar-refractivity contribution is -0.138. The van der Waals surface area contributed by atoms with Crippen LogP contribution in [0.3, 0.4) is 0 Å². The summed E-state index contributed by atoms with van der Waals surface area (Å²) < 4.78 is 35.8. The molecule has 1 fully saturated rings. The summed E-state index contributed by atoms with van der Waals surface area (Å²) in [5.41, 5.74) is 5.50. The Morgan fingerprint density at radius 2 is 2.07 bits per heavy atom. The first-order valence-electron chi connectivity index (χ1n) is 5.00. The van der Waals surface area contributed by atoms with Crippen LogP contribution in [-0.2, 0) is 0 Å². The molecular formula is C9H17F3N2. The van der Waals surface area contributed by atoms with Crippen LogP contribution >= 0.6 is 0 Å². The molecule has 84 valence electrons. The standard InChI is InChI=1S/C9H17F3N2/c10-9(11,12)3-5-14-4-1-2-8(6-13)7-14/h8H,1-7,13H2. The highest BCUT2D eigenvalue weighted by molar-refractivity contribution is 4.74. The SMILES string of the molecule is NCC1CCCN(CCC(F)(F)F)C1.